The minimum absolute atomic E-state index is 0. The first-order valence-electron chi connectivity index (χ1n) is 22.1. The molecule has 0 aliphatic rings. The van der Waals surface area contributed by atoms with Crippen molar-refractivity contribution >= 4 is 65.0 Å². The summed E-state index contributed by atoms with van der Waals surface area (Å²) in [5, 5.41) is 7.99. The highest BCUT2D eigenvalue weighted by atomic mass is 31.1. The second-order valence-electron chi connectivity index (χ2n) is 16.2. The SMILES string of the molecule is Cc1ccc(Cc2ccc(COC(=O)c3cc4ccccc4c(-c4c(OP(c5ccccc5)c5ccccc5)ccc5ccccc45)c3OP(c3ccccc3)c3ccccc3)cc2)cc1.O. The molecule has 7 heteroatoms. The monoisotopic (exact) mass is 910 g/mol. The number of hydrogen-bond acceptors (Lipinski definition) is 4. The van der Waals surface area contributed by atoms with E-state index >= 15 is 4.79 Å². The minimum Gasteiger partial charge on any atom is -0.464 e. The van der Waals surface area contributed by atoms with Gasteiger partial charge in [0.15, 0.2) is 16.3 Å². The van der Waals surface area contributed by atoms with E-state index in [9.17, 15) is 0 Å². The molecule has 10 rings (SSSR count). The van der Waals surface area contributed by atoms with Gasteiger partial charge in [-0.3, -0.25) is 0 Å². The zero-order valence-corrected chi connectivity index (χ0v) is 38.7. The third kappa shape index (κ3) is 10.1. The predicted molar refractivity (Wildman–Crippen MR) is 279 cm³/mol. The Kier molecular flexibility index (Phi) is 13.9. The summed E-state index contributed by atoms with van der Waals surface area (Å²) in [4.78, 5) is 15.0. The highest BCUT2D eigenvalue weighted by Crippen LogP contribution is 2.53. The van der Waals surface area contributed by atoms with Crippen LogP contribution < -0.4 is 30.3 Å². The molecule has 0 radical (unpaired) electrons. The van der Waals surface area contributed by atoms with E-state index in [0.29, 0.717) is 17.1 Å². The molecule has 0 aromatic heterocycles. The lowest BCUT2D eigenvalue weighted by Crippen LogP contribution is -2.18. The van der Waals surface area contributed by atoms with Crippen LogP contribution in [0.2, 0.25) is 0 Å². The minimum atomic E-state index is -1.50. The molecule has 0 amide bonds. The van der Waals surface area contributed by atoms with Crippen LogP contribution in [0.4, 0.5) is 0 Å². The number of carbonyl (C=O) groups is 1. The third-order valence-corrected chi connectivity index (χ3v) is 15.4. The number of esters is 1. The molecule has 5 nitrogen and oxygen atoms in total. The molecule has 2 N–H and O–H groups in total. The van der Waals surface area contributed by atoms with Crippen LogP contribution in [0.1, 0.15) is 32.6 Å². The van der Waals surface area contributed by atoms with Gasteiger partial charge in [-0.15, -0.1) is 0 Å². The first kappa shape index (κ1) is 44.8. The second kappa shape index (κ2) is 20.8. The van der Waals surface area contributed by atoms with Gasteiger partial charge in [0.05, 0.1) is 0 Å². The van der Waals surface area contributed by atoms with Gasteiger partial charge in [-0.2, -0.15) is 0 Å². The molecule has 0 bridgehead atoms. The summed E-state index contributed by atoms with van der Waals surface area (Å²) in [5.41, 5.74) is 6.53. The lowest BCUT2D eigenvalue weighted by Gasteiger charge is -2.27. The number of hydrogen-bond donors (Lipinski definition) is 0. The zero-order chi connectivity index (χ0) is 44.7. The van der Waals surface area contributed by atoms with Crippen LogP contribution in [0.5, 0.6) is 11.5 Å². The van der Waals surface area contributed by atoms with E-state index in [2.05, 4.69) is 165 Å². The molecule has 0 saturated carbocycles. The summed E-state index contributed by atoms with van der Waals surface area (Å²) in [6.07, 6.45) is 0.825. The van der Waals surface area contributed by atoms with Crippen LogP contribution in [-0.4, -0.2) is 11.4 Å². The molecule has 10 aromatic rings. The van der Waals surface area contributed by atoms with Crippen molar-refractivity contribution in [3.63, 3.8) is 0 Å². The Morgan fingerprint density at radius 3 is 1.40 bits per heavy atom. The van der Waals surface area contributed by atoms with Gasteiger partial charge >= 0.3 is 5.97 Å². The van der Waals surface area contributed by atoms with Gasteiger partial charge in [0, 0.05) is 32.3 Å². The van der Waals surface area contributed by atoms with Crippen LogP contribution in [0, 0.1) is 6.92 Å². The predicted octanol–water partition coefficient (Wildman–Crippen LogP) is 12.9. The van der Waals surface area contributed by atoms with Crippen molar-refractivity contribution < 1.29 is 24.1 Å². The fraction of sp³-hybridized carbons (Fsp3) is 0.0500. The lowest BCUT2D eigenvalue weighted by molar-refractivity contribution is 0.0471. The highest BCUT2D eigenvalue weighted by molar-refractivity contribution is 7.69. The molecule has 0 aliphatic heterocycles. The average Bonchev–Trinajstić information content (AvgIpc) is 3.38. The summed E-state index contributed by atoms with van der Waals surface area (Å²) >= 11 is 0. The first-order valence-corrected chi connectivity index (χ1v) is 24.6. The number of rotatable bonds is 14. The summed E-state index contributed by atoms with van der Waals surface area (Å²) in [7, 11) is -2.83. The molecule has 0 fully saturated rings. The van der Waals surface area contributed by atoms with Gasteiger partial charge in [-0.05, 0) is 63.7 Å². The van der Waals surface area contributed by atoms with Crippen LogP contribution in [0.3, 0.4) is 0 Å². The second-order valence-corrected chi connectivity index (χ2v) is 19.8. The first-order chi connectivity index (χ1) is 32.6. The topological polar surface area (TPSA) is 76.3 Å². The summed E-state index contributed by atoms with van der Waals surface area (Å²) in [5.74, 6) is 0.647. The Morgan fingerprint density at radius 1 is 0.433 bits per heavy atom. The number of aryl methyl sites for hydroxylation is 1. The number of carbonyl (C=O) groups excluding carboxylic acids is 1. The Balaban J connectivity index is 0.00000562. The van der Waals surface area contributed by atoms with Gasteiger partial charge in [-0.25, -0.2) is 4.79 Å². The van der Waals surface area contributed by atoms with Crippen molar-refractivity contribution in [2.24, 2.45) is 0 Å². The van der Waals surface area contributed by atoms with E-state index in [1.54, 1.807) is 0 Å². The number of ether oxygens (including phenoxy) is 1. The molecular formula is C60H48O5P2. The molecule has 0 spiro atoms. The lowest BCUT2D eigenvalue weighted by atomic mass is 9.90. The maximum Gasteiger partial charge on any atom is 0.342 e. The zero-order valence-electron chi connectivity index (χ0n) is 37.0. The van der Waals surface area contributed by atoms with Gasteiger partial charge in [0.1, 0.15) is 23.7 Å². The van der Waals surface area contributed by atoms with E-state index in [-0.39, 0.29) is 12.1 Å². The molecule has 0 atom stereocenters. The molecular weight excluding hydrogens is 863 g/mol. The fourth-order valence-corrected chi connectivity index (χ4v) is 11.8. The van der Waals surface area contributed by atoms with Gasteiger partial charge in [0.25, 0.3) is 0 Å². The van der Waals surface area contributed by atoms with E-state index in [1.807, 2.05) is 78.9 Å². The van der Waals surface area contributed by atoms with Crippen molar-refractivity contribution in [3.05, 3.63) is 264 Å². The standard InChI is InChI=1S/C60H46O4P2.H2O/c1-43-30-32-44(33-31-43)40-45-34-36-46(37-35-45)42-62-60(61)55-41-48-19-15-17-29-54(48)58(59(55)64-66(51-24-10-4-11-25-51)52-26-12-5-13-27-52)57-53-28-16-14-18-47(53)38-39-56(57)63-65(49-20-6-2-7-21-49)50-22-8-3-9-23-50;/h2-39,41H,40,42H2,1H3;1H2. The summed E-state index contributed by atoms with van der Waals surface area (Å²) in [6, 6.07) is 81.0. The molecule has 0 saturated heterocycles. The summed E-state index contributed by atoms with van der Waals surface area (Å²) < 4.78 is 21.3. The maximum absolute atomic E-state index is 15.0. The quantitative estimate of drug-likeness (QED) is 0.0804. The highest BCUT2D eigenvalue weighted by Gasteiger charge is 2.30. The van der Waals surface area contributed by atoms with Gasteiger partial charge in [-0.1, -0.05) is 230 Å². The molecule has 10 aromatic carbocycles. The van der Waals surface area contributed by atoms with Crippen molar-refractivity contribution in [2.45, 2.75) is 20.0 Å². The molecule has 67 heavy (non-hydrogen) atoms. The van der Waals surface area contributed by atoms with Crippen LogP contribution in [0.25, 0.3) is 32.7 Å². The normalized spacial score (nSPS) is 11.1. The Morgan fingerprint density at radius 2 is 0.866 bits per heavy atom. The number of benzene rings is 10. The average molecular weight is 911 g/mol. The Hall–Kier alpha value is -7.39. The summed E-state index contributed by atoms with van der Waals surface area (Å²) in [6.45, 7) is 2.20. The third-order valence-electron chi connectivity index (χ3n) is 11.6. The van der Waals surface area contributed by atoms with E-state index < -0.39 is 22.3 Å². The van der Waals surface area contributed by atoms with Crippen LogP contribution in [-0.2, 0) is 17.8 Å². The largest absolute Gasteiger partial charge is 0.464 e. The van der Waals surface area contributed by atoms with E-state index in [0.717, 1.165) is 65.9 Å². The van der Waals surface area contributed by atoms with Crippen molar-refractivity contribution in [1.82, 2.24) is 0 Å². The van der Waals surface area contributed by atoms with Crippen LogP contribution >= 0.6 is 16.3 Å². The smallest absolute Gasteiger partial charge is 0.342 e. The van der Waals surface area contributed by atoms with Crippen LogP contribution in [0.15, 0.2) is 237 Å². The van der Waals surface area contributed by atoms with Crippen molar-refractivity contribution in [3.8, 4) is 22.6 Å². The Labute approximate surface area is 394 Å². The Bertz CT molecular complexity index is 3160. The van der Waals surface area contributed by atoms with Gasteiger partial charge < -0.3 is 19.3 Å². The number of fused-ring (bicyclic) bond motifs is 2. The van der Waals surface area contributed by atoms with Gasteiger partial charge in [0.2, 0.25) is 0 Å². The van der Waals surface area contributed by atoms with Crippen molar-refractivity contribution in [1.29, 1.82) is 0 Å². The molecule has 0 heterocycles. The molecule has 328 valence electrons. The van der Waals surface area contributed by atoms with E-state index in [4.69, 9.17) is 13.8 Å². The molecule has 0 aliphatic carbocycles. The van der Waals surface area contributed by atoms with Crippen molar-refractivity contribution in [2.75, 3.05) is 0 Å². The van der Waals surface area contributed by atoms with E-state index in [1.165, 1.54) is 16.7 Å². The molecule has 0 unspecified atom stereocenters. The fourth-order valence-electron chi connectivity index (χ4n) is 8.28. The maximum atomic E-state index is 15.0.